The van der Waals surface area contributed by atoms with Crippen molar-refractivity contribution in [2.45, 2.75) is 32.6 Å². The molecule has 0 aromatic heterocycles. The van der Waals surface area contributed by atoms with E-state index in [1.807, 2.05) is 6.07 Å². The third-order valence-electron chi connectivity index (χ3n) is 4.08. The number of aryl methyl sites for hydroxylation is 3. The first-order valence-corrected chi connectivity index (χ1v) is 8.38. The third kappa shape index (κ3) is 5.77. The van der Waals surface area contributed by atoms with Crippen LogP contribution in [0.4, 0.5) is 0 Å². The van der Waals surface area contributed by atoms with E-state index in [1.165, 1.54) is 24.3 Å². The SMILES string of the molecule is Cc1cc(CCC(=O)/C=C\C(=O)CCc2ccc(O)c(O)c2)ccc1O. The molecule has 26 heavy (non-hydrogen) atoms. The van der Waals surface area contributed by atoms with Crippen LogP contribution >= 0.6 is 0 Å². The monoisotopic (exact) mass is 354 g/mol. The van der Waals surface area contributed by atoms with Gasteiger partial charge in [0.2, 0.25) is 0 Å². The van der Waals surface area contributed by atoms with E-state index in [0.29, 0.717) is 19.3 Å². The van der Waals surface area contributed by atoms with Crippen LogP contribution in [0.3, 0.4) is 0 Å². The van der Waals surface area contributed by atoms with Gasteiger partial charge in [0.05, 0.1) is 0 Å². The summed E-state index contributed by atoms with van der Waals surface area (Å²) in [5.41, 5.74) is 2.46. The van der Waals surface area contributed by atoms with Gasteiger partial charge < -0.3 is 15.3 Å². The van der Waals surface area contributed by atoms with Crippen LogP contribution in [0, 0.1) is 6.92 Å². The molecular formula is C21H22O5. The van der Waals surface area contributed by atoms with Crippen LogP contribution in [0.15, 0.2) is 48.6 Å². The topological polar surface area (TPSA) is 94.8 Å². The number of hydrogen-bond donors (Lipinski definition) is 3. The number of ketones is 2. The number of benzene rings is 2. The van der Waals surface area contributed by atoms with E-state index in [0.717, 1.165) is 16.7 Å². The molecule has 0 saturated heterocycles. The molecule has 0 bridgehead atoms. The Morgan fingerprint density at radius 1 is 0.769 bits per heavy atom. The molecule has 5 nitrogen and oxygen atoms in total. The zero-order valence-electron chi connectivity index (χ0n) is 14.6. The fourth-order valence-corrected chi connectivity index (χ4v) is 2.49. The Hall–Kier alpha value is -3.08. The first-order valence-electron chi connectivity index (χ1n) is 8.38. The maximum Gasteiger partial charge on any atom is 0.157 e. The summed E-state index contributed by atoms with van der Waals surface area (Å²) >= 11 is 0. The smallest absolute Gasteiger partial charge is 0.157 e. The lowest BCUT2D eigenvalue weighted by Gasteiger charge is -2.03. The van der Waals surface area contributed by atoms with Gasteiger partial charge in [-0.05, 0) is 66.8 Å². The number of hydrogen-bond acceptors (Lipinski definition) is 5. The van der Waals surface area contributed by atoms with Gasteiger partial charge in [-0.2, -0.15) is 0 Å². The van der Waals surface area contributed by atoms with Crippen molar-refractivity contribution in [1.82, 2.24) is 0 Å². The van der Waals surface area contributed by atoms with Crippen LogP contribution < -0.4 is 0 Å². The second kappa shape index (κ2) is 8.85. The van der Waals surface area contributed by atoms with Gasteiger partial charge in [-0.15, -0.1) is 0 Å². The standard InChI is InChI=1S/C21H22O5/c1-14-12-15(4-10-19(14)24)2-6-17(22)8-9-18(23)7-3-16-5-11-20(25)21(26)13-16/h4-5,8-13,24-26H,2-3,6-7H2,1H3/b9-8-. The minimum atomic E-state index is -0.217. The summed E-state index contributed by atoms with van der Waals surface area (Å²) in [6.07, 6.45) is 4.04. The highest BCUT2D eigenvalue weighted by molar-refractivity contribution is 5.98. The number of carbonyl (C=O) groups excluding carboxylic acids is 2. The van der Waals surface area contributed by atoms with Gasteiger partial charge in [-0.25, -0.2) is 0 Å². The molecule has 5 heteroatoms. The predicted octanol–water partition coefficient (Wildman–Crippen LogP) is 3.37. The normalized spacial score (nSPS) is 11.0. The number of aromatic hydroxyl groups is 3. The zero-order chi connectivity index (χ0) is 19.1. The first kappa shape index (κ1) is 19.2. The maximum atomic E-state index is 11.9. The van der Waals surface area contributed by atoms with Gasteiger partial charge in [0, 0.05) is 12.8 Å². The number of phenols is 3. The van der Waals surface area contributed by atoms with Crippen LogP contribution in [-0.2, 0) is 22.4 Å². The summed E-state index contributed by atoms with van der Waals surface area (Å²) in [7, 11) is 0. The van der Waals surface area contributed by atoms with Crippen LogP contribution in [0.25, 0.3) is 0 Å². The van der Waals surface area contributed by atoms with Crippen molar-refractivity contribution in [3.63, 3.8) is 0 Å². The molecule has 136 valence electrons. The van der Waals surface area contributed by atoms with Crippen molar-refractivity contribution in [1.29, 1.82) is 0 Å². The van der Waals surface area contributed by atoms with Gasteiger partial charge in [0.25, 0.3) is 0 Å². The lowest BCUT2D eigenvalue weighted by molar-refractivity contribution is -0.116. The molecule has 0 saturated carbocycles. The number of rotatable bonds is 8. The molecule has 0 atom stereocenters. The molecule has 0 spiro atoms. The fraction of sp³-hybridized carbons (Fsp3) is 0.238. The lowest BCUT2D eigenvalue weighted by Crippen LogP contribution is -2.00. The molecule has 2 aromatic carbocycles. The van der Waals surface area contributed by atoms with Gasteiger partial charge in [0.1, 0.15) is 5.75 Å². The van der Waals surface area contributed by atoms with E-state index >= 15 is 0 Å². The summed E-state index contributed by atoms with van der Waals surface area (Å²) in [5, 5.41) is 28.2. The molecule has 0 fully saturated rings. The van der Waals surface area contributed by atoms with Crippen LogP contribution in [-0.4, -0.2) is 26.9 Å². The Balaban J connectivity index is 1.78. The van der Waals surface area contributed by atoms with Gasteiger partial charge in [0.15, 0.2) is 23.1 Å². The molecular weight excluding hydrogens is 332 g/mol. The Morgan fingerprint density at radius 2 is 1.27 bits per heavy atom. The molecule has 3 N–H and O–H groups in total. The number of phenolic OH excluding ortho intramolecular Hbond substituents is 3. The van der Waals surface area contributed by atoms with E-state index in [4.69, 9.17) is 0 Å². The minimum Gasteiger partial charge on any atom is -0.508 e. The number of carbonyl (C=O) groups is 2. The summed E-state index contributed by atoms with van der Waals surface area (Å²) in [6.45, 7) is 1.80. The fourth-order valence-electron chi connectivity index (χ4n) is 2.49. The van der Waals surface area contributed by atoms with Crippen molar-refractivity contribution in [3.8, 4) is 17.2 Å². The highest BCUT2D eigenvalue weighted by Crippen LogP contribution is 2.25. The Bertz CT molecular complexity index is 767. The summed E-state index contributed by atoms with van der Waals surface area (Å²) in [4.78, 5) is 23.7. The first-order chi connectivity index (χ1) is 12.3. The van der Waals surface area contributed by atoms with Crippen LogP contribution in [0.5, 0.6) is 17.2 Å². The van der Waals surface area contributed by atoms with Gasteiger partial charge in [-0.3, -0.25) is 9.59 Å². The summed E-state index contributed by atoms with van der Waals surface area (Å²) < 4.78 is 0. The maximum absolute atomic E-state index is 11.9. The van der Waals surface area contributed by atoms with Crippen LogP contribution in [0.1, 0.15) is 29.5 Å². The lowest BCUT2D eigenvalue weighted by atomic mass is 10.0. The molecule has 0 aliphatic carbocycles. The Labute approximate surface area is 152 Å². The largest absolute Gasteiger partial charge is 0.508 e. The Kier molecular flexibility index (Phi) is 6.55. The molecule has 2 aromatic rings. The van der Waals surface area contributed by atoms with E-state index in [2.05, 4.69) is 0 Å². The average Bonchev–Trinajstić information content (AvgIpc) is 2.62. The second-order valence-corrected chi connectivity index (χ2v) is 6.21. The van der Waals surface area contributed by atoms with Crippen molar-refractivity contribution < 1.29 is 24.9 Å². The molecule has 0 radical (unpaired) electrons. The highest BCUT2D eigenvalue weighted by Gasteiger charge is 2.05. The molecule has 0 unspecified atom stereocenters. The summed E-state index contributed by atoms with van der Waals surface area (Å²) in [6, 6.07) is 9.64. The third-order valence-corrected chi connectivity index (χ3v) is 4.08. The van der Waals surface area contributed by atoms with E-state index in [-0.39, 0.29) is 35.2 Å². The zero-order valence-corrected chi connectivity index (χ0v) is 14.6. The van der Waals surface area contributed by atoms with Crippen LogP contribution in [0.2, 0.25) is 0 Å². The van der Waals surface area contributed by atoms with E-state index < -0.39 is 0 Å². The second-order valence-electron chi connectivity index (χ2n) is 6.21. The molecule has 2 rings (SSSR count). The highest BCUT2D eigenvalue weighted by atomic mass is 16.3. The summed E-state index contributed by atoms with van der Waals surface area (Å²) in [5.74, 6) is -0.496. The quantitative estimate of drug-likeness (QED) is 0.499. The van der Waals surface area contributed by atoms with Crippen molar-refractivity contribution >= 4 is 11.6 Å². The van der Waals surface area contributed by atoms with Crippen molar-refractivity contribution in [2.24, 2.45) is 0 Å². The van der Waals surface area contributed by atoms with E-state index in [1.54, 1.807) is 25.1 Å². The predicted molar refractivity (Wildman–Crippen MR) is 98.4 cm³/mol. The minimum absolute atomic E-state index is 0.133. The van der Waals surface area contributed by atoms with Crippen molar-refractivity contribution in [2.75, 3.05) is 0 Å². The van der Waals surface area contributed by atoms with Gasteiger partial charge in [-0.1, -0.05) is 18.2 Å². The molecule has 0 heterocycles. The Morgan fingerprint density at radius 3 is 1.77 bits per heavy atom. The molecule has 0 amide bonds. The molecule has 0 aliphatic heterocycles. The molecule has 0 aliphatic rings. The van der Waals surface area contributed by atoms with E-state index in [9.17, 15) is 24.9 Å². The average molecular weight is 354 g/mol. The number of allylic oxidation sites excluding steroid dienone is 2. The van der Waals surface area contributed by atoms with Crippen molar-refractivity contribution in [3.05, 3.63) is 65.2 Å². The van der Waals surface area contributed by atoms with Gasteiger partial charge >= 0.3 is 0 Å².